The normalized spacial score (nSPS) is 25.7. The van der Waals surface area contributed by atoms with Crippen LogP contribution < -0.4 is 5.73 Å². The molecule has 1 aliphatic rings. The van der Waals surface area contributed by atoms with Crippen LogP contribution in [0, 0.1) is 0 Å². The summed E-state index contributed by atoms with van der Waals surface area (Å²) in [4.78, 5) is 13.8. The van der Waals surface area contributed by atoms with Crippen molar-refractivity contribution in [3.8, 4) is 0 Å². The molecule has 4 nitrogen and oxygen atoms in total. The fraction of sp³-hybridized carbons (Fsp3) is 0.583. The van der Waals surface area contributed by atoms with Crippen LogP contribution in [-0.4, -0.2) is 22.4 Å². The maximum atomic E-state index is 12.0. The van der Waals surface area contributed by atoms with E-state index in [4.69, 9.17) is 10.2 Å². The van der Waals surface area contributed by atoms with Crippen molar-refractivity contribution in [3.63, 3.8) is 0 Å². The molecule has 1 fully saturated rings. The number of rotatable bonds is 1. The highest BCUT2D eigenvalue weighted by Crippen LogP contribution is 2.38. The molecule has 2 unspecified atom stereocenters. The second-order valence-corrected chi connectivity index (χ2v) is 6.17. The lowest BCUT2D eigenvalue weighted by Gasteiger charge is -2.37. The van der Waals surface area contributed by atoms with Crippen molar-refractivity contribution in [2.75, 3.05) is 0 Å². The van der Waals surface area contributed by atoms with Gasteiger partial charge in [-0.2, -0.15) is 0 Å². The van der Waals surface area contributed by atoms with Gasteiger partial charge in [0, 0.05) is 18.0 Å². The van der Waals surface area contributed by atoms with Gasteiger partial charge in [0.15, 0.2) is 4.67 Å². The Morgan fingerprint density at radius 1 is 1.47 bits per heavy atom. The second-order valence-electron chi connectivity index (χ2n) is 5.39. The minimum absolute atomic E-state index is 0.0857. The Kier molecular flexibility index (Phi) is 3.08. The molecule has 0 radical (unpaired) electrons. The largest absolute Gasteiger partial charge is 0.452 e. The SMILES string of the molecule is CC(C)(C)N1C(=O)CC(N)C1c1ccc(Br)o1. The average Bonchev–Trinajstić information content (AvgIpc) is 2.68. The summed E-state index contributed by atoms with van der Waals surface area (Å²) in [6.07, 6.45) is 0.375. The molecule has 0 saturated carbocycles. The number of hydrogen-bond donors (Lipinski definition) is 1. The molecule has 1 aromatic rings. The Balaban J connectivity index is 2.39. The maximum Gasteiger partial charge on any atom is 0.225 e. The molecule has 0 bridgehead atoms. The Bertz CT molecular complexity index is 436. The predicted octanol–water partition coefficient (Wildman–Crippen LogP) is 2.44. The van der Waals surface area contributed by atoms with Crippen molar-refractivity contribution in [1.29, 1.82) is 0 Å². The highest BCUT2D eigenvalue weighted by molar-refractivity contribution is 9.10. The number of likely N-dealkylation sites (tertiary alicyclic amines) is 1. The smallest absolute Gasteiger partial charge is 0.225 e. The Morgan fingerprint density at radius 2 is 2.12 bits per heavy atom. The monoisotopic (exact) mass is 300 g/mol. The first kappa shape index (κ1) is 12.6. The lowest BCUT2D eigenvalue weighted by atomic mass is 10.0. The van der Waals surface area contributed by atoms with Gasteiger partial charge in [0.05, 0.1) is 0 Å². The first-order valence-electron chi connectivity index (χ1n) is 5.63. The third-order valence-electron chi connectivity index (χ3n) is 2.97. The molecule has 1 aliphatic heterocycles. The van der Waals surface area contributed by atoms with Crippen molar-refractivity contribution in [1.82, 2.24) is 4.90 Å². The van der Waals surface area contributed by atoms with Gasteiger partial charge >= 0.3 is 0 Å². The molecule has 1 saturated heterocycles. The number of hydrogen-bond acceptors (Lipinski definition) is 3. The minimum Gasteiger partial charge on any atom is -0.452 e. The van der Waals surface area contributed by atoms with Gasteiger partial charge in [0.25, 0.3) is 0 Å². The Hall–Kier alpha value is -0.810. The van der Waals surface area contributed by atoms with Crippen LogP contribution in [0.1, 0.15) is 39.0 Å². The van der Waals surface area contributed by atoms with Crippen molar-refractivity contribution in [2.45, 2.75) is 44.8 Å². The van der Waals surface area contributed by atoms with Crippen molar-refractivity contribution in [2.24, 2.45) is 5.73 Å². The molecule has 17 heavy (non-hydrogen) atoms. The molecule has 1 amide bonds. The van der Waals surface area contributed by atoms with E-state index >= 15 is 0 Å². The summed E-state index contributed by atoms with van der Waals surface area (Å²) in [6.45, 7) is 6.02. The van der Waals surface area contributed by atoms with Crippen molar-refractivity contribution < 1.29 is 9.21 Å². The summed E-state index contributed by atoms with van der Waals surface area (Å²) < 4.78 is 6.21. The summed E-state index contributed by atoms with van der Waals surface area (Å²) in [6, 6.07) is 3.31. The van der Waals surface area contributed by atoms with Crippen LogP contribution >= 0.6 is 15.9 Å². The first-order chi connectivity index (χ1) is 7.80. The van der Waals surface area contributed by atoms with E-state index in [0.717, 1.165) is 5.76 Å². The van der Waals surface area contributed by atoms with E-state index in [9.17, 15) is 4.79 Å². The molecule has 0 spiro atoms. The Labute approximate surface area is 109 Å². The van der Waals surface area contributed by atoms with Crippen LogP contribution in [-0.2, 0) is 4.79 Å². The molecule has 2 rings (SSSR count). The van der Waals surface area contributed by atoms with Crippen LogP contribution in [0.15, 0.2) is 21.2 Å². The zero-order valence-electron chi connectivity index (χ0n) is 10.2. The summed E-state index contributed by atoms with van der Waals surface area (Å²) in [7, 11) is 0. The van der Waals surface area contributed by atoms with E-state index in [1.165, 1.54) is 0 Å². The number of nitrogens with two attached hydrogens (primary N) is 1. The molecule has 2 heterocycles. The van der Waals surface area contributed by atoms with Crippen molar-refractivity contribution in [3.05, 3.63) is 22.6 Å². The van der Waals surface area contributed by atoms with Crippen LogP contribution in [0.25, 0.3) is 0 Å². The number of carbonyl (C=O) groups excluding carboxylic acids is 1. The number of amides is 1. The number of furan rings is 1. The van der Waals surface area contributed by atoms with Crippen LogP contribution in [0.3, 0.4) is 0 Å². The zero-order valence-corrected chi connectivity index (χ0v) is 11.8. The molecule has 5 heteroatoms. The molecule has 1 aromatic heterocycles. The third kappa shape index (κ3) is 2.26. The van der Waals surface area contributed by atoms with Crippen LogP contribution in [0.5, 0.6) is 0 Å². The van der Waals surface area contributed by atoms with Gasteiger partial charge in [-0.1, -0.05) is 0 Å². The van der Waals surface area contributed by atoms with Gasteiger partial charge in [0.2, 0.25) is 5.91 Å². The molecule has 94 valence electrons. The van der Waals surface area contributed by atoms with Gasteiger partial charge < -0.3 is 15.1 Å². The second kappa shape index (κ2) is 4.14. The van der Waals surface area contributed by atoms with Gasteiger partial charge in [0.1, 0.15) is 11.8 Å². The predicted molar refractivity (Wildman–Crippen MR) is 68.3 cm³/mol. The molecular formula is C12H17BrN2O2. The van der Waals surface area contributed by atoms with E-state index in [-0.39, 0.29) is 23.5 Å². The Morgan fingerprint density at radius 3 is 2.59 bits per heavy atom. The van der Waals surface area contributed by atoms with Crippen LogP contribution in [0.2, 0.25) is 0 Å². The molecule has 0 aliphatic carbocycles. The summed E-state index contributed by atoms with van der Waals surface area (Å²) in [5, 5.41) is 0. The fourth-order valence-electron chi connectivity index (χ4n) is 2.38. The first-order valence-corrected chi connectivity index (χ1v) is 6.43. The molecule has 2 atom stereocenters. The quantitative estimate of drug-likeness (QED) is 0.866. The molecular weight excluding hydrogens is 284 g/mol. The van der Waals surface area contributed by atoms with E-state index in [2.05, 4.69) is 15.9 Å². The number of halogens is 1. The van der Waals surface area contributed by atoms with E-state index in [0.29, 0.717) is 11.1 Å². The average molecular weight is 301 g/mol. The summed E-state index contributed by atoms with van der Waals surface area (Å²) >= 11 is 3.27. The van der Waals surface area contributed by atoms with E-state index in [1.54, 1.807) is 0 Å². The highest BCUT2D eigenvalue weighted by atomic mass is 79.9. The lowest BCUT2D eigenvalue weighted by Crippen LogP contribution is -2.45. The third-order valence-corrected chi connectivity index (χ3v) is 3.40. The minimum atomic E-state index is -0.255. The van der Waals surface area contributed by atoms with Gasteiger partial charge in [-0.3, -0.25) is 4.79 Å². The highest BCUT2D eigenvalue weighted by Gasteiger charge is 2.45. The molecule has 2 N–H and O–H groups in total. The summed E-state index contributed by atoms with van der Waals surface area (Å²) in [5.74, 6) is 0.827. The number of carbonyl (C=O) groups is 1. The maximum absolute atomic E-state index is 12.0. The van der Waals surface area contributed by atoms with Crippen molar-refractivity contribution >= 4 is 21.8 Å². The zero-order chi connectivity index (χ0) is 12.8. The lowest BCUT2D eigenvalue weighted by molar-refractivity contribution is -0.134. The van der Waals surface area contributed by atoms with Gasteiger partial charge in [-0.15, -0.1) is 0 Å². The van der Waals surface area contributed by atoms with Gasteiger partial charge in [-0.05, 0) is 48.8 Å². The van der Waals surface area contributed by atoms with E-state index in [1.807, 2.05) is 37.8 Å². The fourth-order valence-corrected chi connectivity index (χ4v) is 2.69. The number of nitrogens with zero attached hydrogens (tertiary/aromatic N) is 1. The van der Waals surface area contributed by atoms with E-state index < -0.39 is 0 Å². The standard InChI is InChI=1S/C12H17BrN2O2/c1-12(2,3)15-10(16)6-7(14)11(15)8-4-5-9(13)17-8/h4-5,7,11H,6,14H2,1-3H3. The summed E-state index contributed by atoms with van der Waals surface area (Å²) in [5.41, 5.74) is 5.81. The topological polar surface area (TPSA) is 59.5 Å². The molecule has 0 aromatic carbocycles. The van der Waals surface area contributed by atoms with Gasteiger partial charge in [-0.25, -0.2) is 0 Å². The van der Waals surface area contributed by atoms with Crippen LogP contribution in [0.4, 0.5) is 0 Å².